The summed E-state index contributed by atoms with van der Waals surface area (Å²) in [5.41, 5.74) is 2.25. The second-order valence-electron chi connectivity index (χ2n) is 6.78. The van der Waals surface area contributed by atoms with Gasteiger partial charge in [0.25, 0.3) is 5.91 Å². The smallest absolute Gasteiger partial charge is 0.255 e. The molecule has 0 saturated heterocycles. The summed E-state index contributed by atoms with van der Waals surface area (Å²) >= 11 is 0. The molecule has 2 atom stereocenters. The molecule has 0 fully saturated rings. The molecule has 2 aromatic rings. The number of hydrogen-bond acceptors (Lipinski definition) is 3. The first kappa shape index (κ1) is 19.0. The van der Waals surface area contributed by atoms with Crippen molar-refractivity contribution in [3.8, 4) is 5.75 Å². The van der Waals surface area contributed by atoms with E-state index in [1.807, 2.05) is 63.2 Å². The van der Waals surface area contributed by atoms with Crippen LogP contribution in [-0.4, -0.2) is 29.4 Å². The Morgan fingerprint density at radius 1 is 1.15 bits per heavy atom. The molecule has 0 bridgehead atoms. The molecule has 1 aliphatic heterocycles. The topological polar surface area (TPSA) is 58.6 Å². The molecule has 1 N–H and O–H groups in total. The highest BCUT2D eigenvalue weighted by molar-refractivity contribution is 6.04. The number of fused-ring (bicyclic) bond motifs is 1. The highest BCUT2D eigenvalue weighted by atomic mass is 16.5. The summed E-state index contributed by atoms with van der Waals surface area (Å²) in [6, 6.07) is 14.4. The van der Waals surface area contributed by atoms with Gasteiger partial charge in [0.1, 0.15) is 11.8 Å². The fraction of sp³-hybridized carbons (Fsp3) is 0.364. The molecule has 0 aliphatic carbocycles. The van der Waals surface area contributed by atoms with E-state index >= 15 is 0 Å². The predicted octanol–water partition coefficient (Wildman–Crippen LogP) is 3.70. The molecule has 1 heterocycles. The van der Waals surface area contributed by atoms with E-state index in [-0.39, 0.29) is 17.9 Å². The Morgan fingerprint density at radius 3 is 2.59 bits per heavy atom. The minimum Gasteiger partial charge on any atom is -0.494 e. The van der Waals surface area contributed by atoms with Crippen LogP contribution in [0.25, 0.3) is 0 Å². The first-order valence-electron chi connectivity index (χ1n) is 9.47. The lowest BCUT2D eigenvalue weighted by atomic mass is 10.0. The van der Waals surface area contributed by atoms with Crippen LogP contribution in [0.3, 0.4) is 0 Å². The Hall–Kier alpha value is -2.82. The van der Waals surface area contributed by atoms with Gasteiger partial charge in [-0.1, -0.05) is 43.3 Å². The van der Waals surface area contributed by atoms with Crippen molar-refractivity contribution in [2.24, 2.45) is 0 Å². The Balaban J connectivity index is 1.95. The van der Waals surface area contributed by atoms with Gasteiger partial charge in [-0.3, -0.25) is 9.59 Å². The van der Waals surface area contributed by atoms with Crippen molar-refractivity contribution >= 4 is 11.8 Å². The summed E-state index contributed by atoms with van der Waals surface area (Å²) < 4.78 is 5.70. The largest absolute Gasteiger partial charge is 0.494 e. The molecule has 5 nitrogen and oxygen atoms in total. The molecule has 0 spiro atoms. The maximum Gasteiger partial charge on any atom is 0.255 e. The second kappa shape index (κ2) is 8.25. The molecule has 2 aromatic carbocycles. The van der Waals surface area contributed by atoms with Crippen molar-refractivity contribution < 1.29 is 14.3 Å². The summed E-state index contributed by atoms with van der Waals surface area (Å²) in [6.45, 7) is 6.78. The molecular formula is C22H26N2O3. The monoisotopic (exact) mass is 366 g/mol. The lowest BCUT2D eigenvalue weighted by Crippen LogP contribution is -2.42. The van der Waals surface area contributed by atoms with Crippen LogP contribution in [0, 0.1) is 0 Å². The molecule has 3 rings (SSSR count). The fourth-order valence-electron chi connectivity index (χ4n) is 3.35. The van der Waals surface area contributed by atoms with Gasteiger partial charge in [0.2, 0.25) is 5.91 Å². The molecule has 0 unspecified atom stereocenters. The third-order valence-corrected chi connectivity index (χ3v) is 4.92. The standard InChI is InChI=1S/C22H26N2O3/c1-4-15(3)23-21(25)20-17-11-7-8-12-18(17)22(26)24(20)14-16-10-6-9-13-19(16)27-5-2/h6-13,15,20H,4-5,14H2,1-3H3,(H,23,25)/t15-,20-/m0/s1. The molecule has 142 valence electrons. The van der Waals surface area contributed by atoms with E-state index in [9.17, 15) is 9.59 Å². The number of ether oxygens (including phenoxy) is 1. The summed E-state index contributed by atoms with van der Waals surface area (Å²) in [5.74, 6) is 0.475. The molecule has 0 aromatic heterocycles. The van der Waals surface area contributed by atoms with Gasteiger partial charge in [-0.2, -0.15) is 0 Å². The summed E-state index contributed by atoms with van der Waals surface area (Å²) in [4.78, 5) is 27.7. The maximum absolute atomic E-state index is 13.0. The van der Waals surface area contributed by atoms with Crippen molar-refractivity contribution in [1.29, 1.82) is 0 Å². The molecular weight excluding hydrogens is 340 g/mol. The lowest BCUT2D eigenvalue weighted by molar-refractivity contribution is -0.126. The number of amides is 2. The van der Waals surface area contributed by atoms with Gasteiger partial charge in [0.05, 0.1) is 13.2 Å². The number of nitrogens with one attached hydrogen (secondary N) is 1. The predicted molar refractivity (Wildman–Crippen MR) is 105 cm³/mol. The lowest BCUT2D eigenvalue weighted by Gasteiger charge is -2.26. The first-order chi connectivity index (χ1) is 13.1. The van der Waals surface area contributed by atoms with E-state index in [0.717, 1.165) is 23.3 Å². The Labute approximate surface area is 160 Å². The fourth-order valence-corrected chi connectivity index (χ4v) is 3.35. The normalized spacial score (nSPS) is 16.8. The van der Waals surface area contributed by atoms with Gasteiger partial charge in [0, 0.05) is 17.2 Å². The van der Waals surface area contributed by atoms with Gasteiger partial charge in [-0.15, -0.1) is 0 Å². The average Bonchev–Trinajstić information content (AvgIpc) is 2.95. The van der Waals surface area contributed by atoms with Crippen LogP contribution in [-0.2, 0) is 11.3 Å². The summed E-state index contributed by atoms with van der Waals surface area (Å²) in [6.07, 6.45) is 0.835. The second-order valence-corrected chi connectivity index (χ2v) is 6.78. The van der Waals surface area contributed by atoms with Crippen molar-refractivity contribution in [1.82, 2.24) is 10.2 Å². The molecule has 5 heteroatoms. The SMILES string of the molecule is CCOc1ccccc1CN1C(=O)c2ccccc2[C@H]1C(=O)N[C@@H](C)CC. The van der Waals surface area contributed by atoms with Gasteiger partial charge in [0.15, 0.2) is 0 Å². The molecule has 2 amide bonds. The van der Waals surface area contributed by atoms with E-state index in [1.54, 1.807) is 11.0 Å². The molecule has 27 heavy (non-hydrogen) atoms. The molecule has 0 radical (unpaired) electrons. The summed E-state index contributed by atoms with van der Waals surface area (Å²) in [7, 11) is 0. The third-order valence-electron chi connectivity index (χ3n) is 4.92. The minimum atomic E-state index is -0.627. The van der Waals surface area contributed by atoms with Gasteiger partial charge >= 0.3 is 0 Å². The Bertz CT molecular complexity index is 834. The van der Waals surface area contributed by atoms with Crippen molar-refractivity contribution in [3.63, 3.8) is 0 Å². The van der Waals surface area contributed by atoms with Crippen LogP contribution >= 0.6 is 0 Å². The number of benzene rings is 2. The molecule has 0 saturated carbocycles. The van der Waals surface area contributed by atoms with E-state index in [2.05, 4.69) is 5.32 Å². The van der Waals surface area contributed by atoms with E-state index in [4.69, 9.17) is 4.74 Å². The zero-order chi connectivity index (χ0) is 19.4. The maximum atomic E-state index is 13.0. The Morgan fingerprint density at radius 2 is 1.85 bits per heavy atom. The highest BCUT2D eigenvalue weighted by Gasteiger charge is 2.41. The third kappa shape index (κ3) is 3.82. The van der Waals surface area contributed by atoms with Crippen LogP contribution in [0.1, 0.15) is 54.7 Å². The first-order valence-corrected chi connectivity index (χ1v) is 9.47. The van der Waals surface area contributed by atoms with Crippen LogP contribution in [0.15, 0.2) is 48.5 Å². The number of carbonyl (C=O) groups excluding carboxylic acids is 2. The van der Waals surface area contributed by atoms with Crippen molar-refractivity contribution in [2.45, 2.75) is 45.8 Å². The number of para-hydroxylation sites is 1. The number of carbonyl (C=O) groups is 2. The number of nitrogens with zero attached hydrogens (tertiary/aromatic N) is 1. The Kier molecular flexibility index (Phi) is 5.79. The number of hydrogen-bond donors (Lipinski definition) is 1. The van der Waals surface area contributed by atoms with E-state index < -0.39 is 6.04 Å². The number of rotatable bonds is 7. The quantitative estimate of drug-likeness (QED) is 0.813. The minimum absolute atomic E-state index is 0.0536. The highest BCUT2D eigenvalue weighted by Crippen LogP contribution is 2.36. The van der Waals surface area contributed by atoms with Crippen molar-refractivity contribution in [2.75, 3.05) is 6.61 Å². The zero-order valence-electron chi connectivity index (χ0n) is 16.1. The zero-order valence-corrected chi connectivity index (χ0v) is 16.1. The van der Waals surface area contributed by atoms with Crippen molar-refractivity contribution in [3.05, 3.63) is 65.2 Å². The van der Waals surface area contributed by atoms with E-state index in [0.29, 0.717) is 18.7 Å². The van der Waals surface area contributed by atoms with Crippen LogP contribution in [0.2, 0.25) is 0 Å². The molecule has 1 aliphatic rings. The van der Waals surface area contributed by atoms with Crippen LogP contribution < -0.4 is 10.1 Å². The summed E-state index contributed by atoms with van der Waals surface area (Å²) in [5, 5.41) is 3.02. The van der Waals surface area contributed by atoms with Crippen LogP contribution in [0.4, 0.5) is 0 Å². The van der Waals surface area contributed by atoms with E-state index in [1.165, 1.54) is 0 Å². The average molecular weight is 366 g/mol. The van der Waals surface area contributed by atoms with Crippen LogP contribution in [0.5, 0.6) is 5.75 Å². The van der Waals surface area contributed by atoms with Gasteiger partial charge in [-0.25, -0.2) is 0 Å². The van der Waals surface area contributed by atoms with Gasteiger partial charge in [-0.05, 0) is 38.0 Å². The van der Waals surface area contributed by atoms with Gasteiger partial charge < -0.3 is 15.0 Å².